The lowest BCUT2D eigenvalue weighted by molar-refractivity contribution is 0.127. The normalized spacial score (nSPS) is 11.5. The summed E-state index contributed by atoms with van der Waals surface area (Å²) in [6.07, 6.45) is 1.90. The molecule has 0 spiro atoms. The van der Waals surface area contributed by atoms with Gasteiger partial charge in [0, 0.05) is 16.4 Å². The van der Waals surface area contributed by atoms with Crippen LogP contribution in [0, 0.1) is 5.41 Å². The van der Waals surface area contributed by atoms with Gasteiger partial charge in [0.25, 0.3) is 0 Å². The molecule has 4 N–H and O–H groups in total. The summed E-state index contributed by atoms with van der Waals surface area (Å²) < 4.78 is 0.972. The molecule has 0 saturated carbocycles. The summed E-state index contributed by atoms with van der Waals surface area (Å²) in [4.78, 5) is 0. The fraction of sp³-hybridized carbons (Fsp3) is 0.538. The molecule has 1 rings (SSSR count). The molecule has 0 saturated heterocycles. The van der Waals surface area contributed by atoms with Gasteiger partial charge in [0.05, 0.1) is 18.0 Å². The second kappa shape index (κ2) is 6.26. The Morgan fingerprint density at radius 3 is 2.47 bits per heavy atom. The molecule has 0 amide bonds. The van der Waals surface area contributed by atoms with Crippen molar-refractivity contribution in [2.24, 2.45) is 5.41 Å². The number of anilines is 2. The highest BCUT2D eigenvalue weighted by atomic mass is 79.9. The van der Waals surface area contributed by atoms with E-state index in [2.05, 4.69) is 35.1 Å². The minimum atomic E-state index is -0.0560. The molecule has 4 heteroatoms. The highest BCUT2D eigenvalue weighted by Gasteiger charge is 2.24. The van der Waals surface area contributed by atoms with E-state index < -0.39 is 0 Å². The van der Waals surface area contributed by atoms with Gasteiger partial charge in [-0.2, -0.15) is 0 Å². The number of rotatable bonds is 6. The quantitative estimate of drug-likeness (QED) is 0.707. The Morgan fingerprint density at radius 1 is 1.35 bits per heavy atom. The molecule has 0 aliphatic rings. The van der Waals surface area contributed by atoms with E-state index in [1.54, 1.807) is 0 Å². The number of aliphatic hydroxyl groups excluding tert-OH is 1. The Bertz CT molecular complexity index is 356. The first-order valence-corrected chi connectivity index (χ1v) is 6.76. The number of halogens is 1. The Hall–Kier alpha value is -0.740. The predicted octanol–water partition coefficient (Wildman–Crippen LogP) is 3.24. The van der Waals surface area contributed by atoms with Gasteiger partial charge in [0.1, 0.15) is 0 Å². The zero-order valence-corrected chi connectivity index (χ0v) is 12.0. The highest BCUT2D eigenvalue weighted by molar-refractivity contribution is 9.10. The lowest BCUT2D eigenvalue weighted by Crippen LogP contribution is -2.32. The summed E-state index contributed by atoms with van der Waals surface area (Å²) >= 11 is 3.38. The zero-order chi connectivity index (χ0) is 12.9. The summed E-state index contributed by atoms with van der Waals surface area (Å²) in [7, 11) is 0. The van der Waals surface area contributed by atoms with Gasteiger partial charge < -0.3 is 16.2 Å². The summed E-state index contributed by atoms with van der Waals surface area (Å²) in [5.74, 6) is 0. The molecule has 1 aromatic rings. The van der Waals surface area contributed by atoms with Crippen molar-refractivity contribution in [1.82, 2.24) is 0 Å². The Morgan fingerprint density at radius 2 is 2.00 bits per heavy atom. The summed E-state index contributed by atoms with van der Waals surface area (Å²) in [6, 6.07) is 5.78. The molecule has 0 radical (unpaired) electrons. The maximum absolute atomic E-state index is 9.49. The van der Waals surface area contributed by atoms with Gasteiger partial charge in [0.2, 0.25) is 0 Å². The molecule has 1 aromatic carbocycles. The van der Waals surface area contributed by atoms with Crippen LogP contribution in [0.25, 0.3) is 0 Å². The van der Waals surface area contributed by atoms with E-state index in [0.29, 0.717) is 0 Å². The Balaban J connectivity index is 2.72. The molecule has 0 aliphatic carbocycles. The van der Waals surface area contributed by atoms with Crippen LogP contribution in [0.4, 0.5) is 11.4 Å². The van der Waals surface area contributed by atoms with Gasteiger partial charge in [-0.3, -0.25) is 0 Å². The van der Waals surface area contributed by atoms with Gasteiger partial charge in [-0.1, -0.05) is 29.8 Å². The first kappa shape index (κ1) is 14.3. The average molecular weight is 301 g/mol. The van der Waals surface area contributed by atoms with E-state index >= 15 is 0 Å². The van der Waals surface area contributed by atoms with Gasteiger partial charge in [-0.15, -0.1) is 0 Å². The number of hydrogen-bond donors (Lipinski definition) is 3. The standard InChI is InChI=1S/C13H21BrN2O/c1-3-13(4-2,9-17)8-16-12-6-5-10(14)7-11(12)15/h5-7,16-17H,3-4,8-9,15H2,1-2H3. The largest absolute Gasteiger partial charge is 0.397 e. The molecule has 17 heavy (non-hydrogen) atoms. The molecular formula is C13H21BrN2O. The van der Waals surface area contributed by atoms with Crippen LogP contribution >= 0.6 is 15.9 Å². The molecule has 96 valence electrons. The van der Waals surface area contributed by atoms with Crippen LogP contribution in [-0.4, -0.2) is 18.3 Å². The minimum absolute atomic E-state index is 0.0560. The fourth-order valence-electron chi connectivity index (χ4n) is 1.76. The van der Waals surface area contributed by atoms with E-state index in [4.69, 9.17) is 5.73 Å². The number of hydrogen-bond acceptors (Lipinski definition) is 3. The van der Waals surface area contributed by atoms with Gasteiger partial charge in [-0.25, -0.2) is 0 Å². The molecule has 0 bridgehead atoms. The van der Waals surface area contributed by atoms with Crippen molar-refractivity contribution in [1.29, 1.82) is 0 Å². The van der Waals surface area contributed by atoms with Crippen LogP contribution in [0.2, 0.25) is 0 Å². The van der Waals surface area contributed by atoms with Crippen molar-refractivity contribution in [3.05, 3.63) is 22.7 Å². The molecule has 0 fully saturated rings. The third-order valence-electron chi connectivity index (χ3n) is 3.50. The molecule has 0 aromatic heterocycles. The van der Waals surface area contributed by atoms with E-state index in [1.165, 1.54) is 0 Å². The van der Waals surface area contributed by atoms with Crippen molar-refractivity contribution >= 4 is 27.3 Å². The molecule has 0 unspecified atom stereocenters. The van der Waals surface area contributed by atoms with Crippen LogP contribution in [0.1, 0.15) is 26.7 Å². The molecular weight excluding hydrogens is 280 g/mol. The van der Waals surface area contributed by atoms with Gasteiger partial charge in [-0.05, 0) is 31.0 Å². The van der Waals surface area contributed by atoms with Gasteiger partial charge in [0.15, 0.2) is 0 Å². The van der Waals surface area contributed by atoms with Crippen LogP contribution in [0.5, 0.6) is 0 Å². The number of aliphatic hydroxyl groups is 1. The zero-order valence-electron chi connectivity index (χ0n) is 10.5. The second-order valence-electron chi connectivity index (χ2n) is 4.45. The fourth-order valence-corrected chi connectivity index (χ4v) is 2.14. The minimum Gasteiger partial charge on any atom is -0.397 e. The first-order valence-electron chi connectivity index (χ1n) is 5.96. The van der Waals surface area contributed by atoms with Crippen molar-refractivity contribution in [3.63, 3.8) is 0 Å². The second-order valence-corrected chi connectivity index (χ2v) is 5.37. The average Bonchev–Trinajstić information content (AvgIpc) is 2.33. The molecule has 0 atom stereocenters. The number of nitrogens with one attached hydrogen (secondary N) is 1. The van der Waals surface area contributed by atoms with Crippen molar-refractivity contribution in [2.45, 2.75) is 26.7 Å². The maximum atomic E-state index is 9.49. The van der Waals surface area contributed by atoms with E-state index in [-0.39, 0.29) is 12.0 Å². The lowest BCUT2D eigenvalue weighted by Gasteiger charge is -2.30. The molecule has 3 nitrogen and oxygen atoms in total. The van der Waals surface area contributed by atoms with Crippen LogP contribution < -0.4 is 11.1 Å². The summed E-state index contributed by atoms with van der Waals surface area (Å²) in [5.41, 5.74) is 7.51. The predicted molar refractivity (Wildman–Crippen MR) is 77.1 cm³/mol. The van der Waals surface area contributed by atoms with Gasteiger partial charge >= 0.3 is 0 Å². The SMILES string of the molecule is CCC(CC)(CO)CNc1ccc(Br)cc1N. The first-order chi connectivity index (χ1) is 8.06. The summed E-state index contributed by atoms with van der Waals surface area (Å²) in [5, 5.41) is 12.8. The third kappa shape index (κ3) is 3.61. The van der Waals surface area contributed by atoms with Crippen molar-refractivity contribution in [2.75, 3.05) is 24.2 Å². The van der Waals surface area contributed by atoms with E-state index in [1.807, 2.05) is 18.2 Å². The highest BCUT2D eigenvalue weighted by Crippen LogP contribution is 2.28. The summed E-state index contributed by atoms with van der Waals surface area (Å²) in [6.45, 7) is 5.14. The van der Waals surface area contributed by atoms with E-state index in [0.717, 1.165) is 35.2 Å². The van der Waals surface area contributed by atoms with Crippen LogP contribution in [0.15, 0.2) is 22.7 Å². The number of nitrogens with two attached hydrogens (primary N) is 1. The maximum Gasteiger partial charge on any atom is 0.0574 e. The Kier molecular flexibility index (Phi) is 5.28. The van der Waals surface area contributed by atoms with E-state index in [9.17, 15) is 5.11 Å². The smallest absolute Gasteiger partial charge is 0.0574 e. The van der Waals surface area contributed by atoms with Crippen molar-refractivity contribution in [3.8, 4) is 0 Å². The van der Waals surface area contributed by atoms with Crippen LogP contribution in [-0.2, 0) is 0 Å². The number of nitrogen functional groups attached to an aromatic ring is 1. The van der Waals surface area contributed by atoms with Crippen LogP contribution in [0.3, 0.4) is 0 Å². The molecule has 0 heterocycles. The molecule has 0 aliphatic heterocycles. The Labute approximate surface area is 112 Å². The monoisotopic (exact) mass is 300 g/mol. The number of benzene rings is 1. The topological polar surface area (TPSA) is 58.3 Å². The third-order valence-corrected chi connectivity index (χ3v) is 4.00. The van der Waals surface area contributed by atoms with Crippen molar-refractivity contribution < 1.29 is 5.11 Å². The lowest BCUT2D eigenvalue weighted by atomic mass is 9.83.